The molecule has 0 aliphatic rings. The minimum Gasteiger partial charge on any atom is -0.497 e. The Morgan fingerprint density at radius 3 is 2.65 bits per heavy atom. The third-order valence-corrected chi connectivity index (χ3v) is 6.81. The van der Waals surface area contributed by atoms with Crippen molar-refractivity contribution in [1.29, 1.82) is 0 Å². The van der Waals surface area contributed by atoms with Gasteiger partial charge in [0.15, 0.2) is 0 Å². The number of sulfonamides is 1. The van der Waals surface area contributed by atoms with E-state index in [9.17, 15) is 13.2 Å². The molecule has 0 radical (unpaired) electrons. The van der Waals surface area contributed by atoms with Gasteiger partial charge in [-0.05, 0) is 30.3 Å². The number of anilines is 1. The van der Waals surface area contributed by atoms with E-state index in [-0.39, 0.29) is 10.9 Å². The van der Waals surface area contributed by atoms with E-state index in [1.54, 1.807) is 62.0 Å². The highest BCUT2D eigenvalue weighted by molar-refractivity contribution is 7.89. The van der Waals surface area contributed by atoms with Gasteiger partial charge >= 0.3 is 6.03 Å². The summed E-state index contributed by atoms with van der Waals surface area (Å²) in [5.41, 5.74) is 1.78. The largest absolute Gasteiger partial charge is 0.497 e. The van der Waals surface area contributed by atoms with Gasteiger partial charge < -0.3 is 15.4 Å². The SMILES string of the molecule is CCN(CC)S(=O)(=O)c1ccc2c(c1)nnn2CCNC(=O)Nc1cccc(OC)c1. The van der Waals surface area contributed by atoms with Gasteiger partial charge in [0.05, 0.1) is 24.1 Å². The van der Waals surface area contributed by atoms with Crippen LogP contribution < -0.4 is 15.4 Å². The van der Waals surface area contributed by atoms with Crippen LogP contribution in [0.15, 0.2) is 47.4 Å². The monoisotopic (exact) mass is 446 g/mol. The molecular weight excluding hydrogens is 420 g/mol. The topological polar surface area (TPSA) is 118 Å². The normalized spacial score (nSPS) is 11.6. The van der Waals surface area contributed by atoms with Crippen molar-refractivity contribution in [3.8, 4) is 5.75 Å². The number of nitrogens with zero attached hydrogens (tertiary/aromatic N) is 4. The van der Waals surface area contributed by atoms with E-state index in [0.717, 1.165) is 0 Å². The van der Waals surface area contributed by atoms with Gasteiger partial charge in [-0.2, -0.15) is 4.31 Å². The zero-order valence-electron chi connectivity index (χ0n) is 17.7. The highest BCUT2D eigenvalue weighted by Gasteiger charge is 2.22. The quantitative estimate of drug-likeness (QED) is 0.521. The van der Waals surface area contributed by atoms with Crippen molar-refractivity contribution in [1.82, 2.24) is 24.6 Å². The lowest BCUT2D eigenvalue weighted by atomic mass is 10.3. The summed E-state index contributed by atoms with van der Waals surface area (Å²) < 4.78 is 33.5. The van der Waals surface area contributed by atoms with E-state index in [1.807, 2.05) is 0 Å². The molecule has 0 unspecified atom stereocenters. The number of carbonyl (C=O) groups excluding carboxylic acids is 1. The van der Waals surface area contributed by atoms with E-state index in [0.29, 0.717) is 48.6 Å². The number of rotatable bonds is 9. The van der Waals surface area contributed by atoms with E-state index < -0.39 is 10.0 Å². The molecular formula is C20H26N6O4S. The number of benzene rings is 2. The van der Waals surface area contributed by atoms with Crippen LogP contribution in [0.5, 0.6) is 5.75 Å². The summed E-state index contributed by atoms with van der Waals surface area (Å²) in [6.45, 7) is 5.08. The van der Waals surface area contributed by atoms with Crippen molar-refractivity contribution in [3.05, 3.63) is 42.5 Å². The lowest BCUT2D eigenvalue weighted by molar-refractivity contribution is 0.251. The first kappa shape index (κ1) is 22.5. The van der Waals surface area contributed by atoms with Crippen LogP contribution >= 0.6 is 0 Å². The predicted octanol–water partition coefficient (Wildman–Crippen LogP) is 2.29. The second-order valence-electron chi connectivity index (χ2n) is 6.67. The van der Waals surface area contributed by atoms with E-state index in [4.69, 9.17) is 4.74 Å². The number of aromatic nitrogens is 3. The van der Waals surface area contributed by atoms with Crippen LogP contribution in [0.25, 0.3) is 11.0 Å². The van der Waals surface area contributed by atoms with E-state index in [2.05, 4.69) is 20.9 Å². The minimum atomic E-state index is -3.56. The third-order valence-electron chi connectivity index (χ3n) is 4.77. The Balaban J connectivity index is 1.63. The van der Waals surface area contributed by atoms with Crippen molar-refractivity contribution in [2.45, 2.75) is 25.3 Å². The second-order valence-corrected chi connectivity index (χ2v) is 8.60. The Morgan fingerprint density at radius 2 is 1.94 bits per heavy atom. The molecule has 0 fully saturated rings. The number of amides is 2. The minimum absolute atomic E-state index is 0.187. The van der Waals surface area contributed by atoms with Gasteiger partial charge in [0.25, 0.3) is 0 Å². The fourth-order valence-corrected chi connectivity index (χ4v) is 4.62. The van der Waals surface area contributed by atoms with Gasteiger partial charge in [0.2, 0.25) is 10.0 Å². The highest BCUT2D eigenvalue weighted by Crippen LogP contribution is 2.20. The molecule has 2 N–H and O–H groups in total. The van der Waals surface area contributed by atoms with Crippen molar-refractivity contribution in [3.63, 3.8) is 0 Å². The molecule has 3 rings (SSSR count). The molecule has 11 heteroatoms. The maximum Gasteiger partial charge on any atom is 0.319 e. The number of fused-ring (bicyclic) bond motifs is 1. The first-order valence-corrected chi connectivity index (χ1v) is 11.3. The lowest BCUT2D eigenvalue weighted by Gasteiger charge is -2.18. The van der Waals surface area contributed by atoms with E-state index in [1.165, 1.54) is 10.4 Å². The smallest absolute Gasteiger partial charge is 0.319 e. The fraction of sp³-hybridized carbons (Fsp3) is 0.350. The standard InChI is InChI=1S/C20H26N6O4S/c1-4-25(5-2)31(28,29)17-9-10-19-18(14-17)23-24-26(19)12-11-21-20(27)22-15-7-6-8-16(13-15)30-3/h6-10,13-14H,4-5,11-12H2,1-3H3,(H2,21,22,27). The molecule has 1 heterocycles. The Bertz CT molecular complexity index is 1160. The first-order chi connectivity index (χ1) is 14.9. The molecule has 0 bridgehead atoms. The molecule has 2 aromatic carbocycles. The van der Waals surface area contributed by atoms with Crippen molar-refractivity contribution < 1.29 is 17.9 Å². The molecule has 2 amide bonds. The average molecular weight is 447 g/mol. The number of urea groups is 1. The molecule has 0 saturated carbocycles. The Labute approximate surface area is 181 Å². The molecule has 1 aromatic heterocycles. The van der Waals surface area contributed by atoms with Crippen molar-refractivity contribution in [2.75, 3.05) is 32.1 Å². The van der Waals surface area contributed by atoms with Gasteiger partial charge in [-0.1, -0.05) is 25.1 Å². The molecule has 0 spiro atoms. The summed E-state index contributed by atoms with van der Waals surface area (Å²) in [6.07, 6.45) is 0. The van der Waals surface area contributed by atoms with Crippen LogP contribution in [0.1, 0.15) is 13.8 Å². The maximum atomic E-state index is 12.7. The number of carbonyl (C=O) groups is 1. The number of hydrogen-bond donors (Lipinski definition) is 2. The summed E-state index contributed by atoms with van der Waals surface area (Å²) in [6, 6.07) is 11.5. The van der Waals surface area contributed by atoms with Crippen LogP contribution in [-0.2, 0) is 16.6 Å². The van der Waals surface area contributed by atoms with Crippen LogP contribution in [0.3, 0.4) is 0 Å². The Hall–Kier alpha value is -3.18. The summed E-state index contributed by atoms with van der Waals surface area (Å²) >= 11 is 0. The number of hydrogen-bond acceptors (Lipinski definition) is 6. The van der Waals surface area contributed by atoms with Crippen LogP contribution in [0, 0.1) is 0 Å². The average Bonchev–Trinajstić information content (AvgIpc) is 3.17. The van der Waals surface area contributed by atoms with Gasteiger partial charge in [-0.15, -0.1) is 5.10 Å². The van der Waals surface area contributed by atoms with Crippen LogP contribution in [-0.4, -0.2) is 60.5 Å². The summed E-state index contributed by atoms with van der Waals surface area (Å²) in [4.78, 5) is 12.3. The third kappa shape index (κ3) is 5.12. The summed E-state index contributed by atoms with van der Waals surface area (Å²) in [5.74, 6) is 0.647. The Kier molecular flexibility index (Phi) is 7.08. The lowest BCUT2D eigenvalue weighted by Crippen LogP contribution is -2.31. The molecule has 0 aliphatic heterocycles. The maximum absolute atomic E-state index is 12.7. The van der Waals surface area contributed by atoms with Gasteiger partial charge in [-0.3, -0.25) is 0 Å². The number of nitrogens with one attached hydrogen (secondary N) is 2. The molecule has 10 nitrogen and oxygen atoms in total. The summed E-state index contributed by atoms with van der Waals surface area (Å²) in [7, 11) is -2.01. The van der Waals surface area contributed by atoms with Crippen LogP contribution in [0.2, 0.25) is 0 Å². The van der Waals surface area contributed by atoms with Gasteiger partial charge in [0.1, 0.15) is 11.3 Å². The first-order valence-electron chi connectivity index (χ1n) is 9.91. The highest BCUT2D eigenvalue weighted by atomic mass is 32.2. The van der Waals surface area contributed by atoms with E-state index >= 15 is 0 Å². The molecule has 0 aliphatic carbocycles. The zero-order valence-corrected chi connectivity index (χ0v) is 18.5. The van der Waals surface area contributed by atoms with Crippen molar-refractivity contribution >= 4 is 32.8 Å². The molecule has 31 heavy (non-hydrogen) atoms. The van der Waals surface area contributed by atoms with Gasteiger partial charge in [0, 0.05) is 31.4 Å². The molecule has 3 aromatic rings. The molecule has 166 valence electrons. The Morgan fingerprint density at radius 1 is 1.16 bits per heavy atom. The number of ether oxygens (including phenoxy) is 1. The van der Waals surface area contributed by atoms with Gasteiger partial charge in [-0.25, -0.2) is 17.9 Å². The van der Waals surface area contributed by atoms with Crippen LogP contribution in [0.4, 0.5) is 10.5 Å². The summed E-state index contributed by atoms with van der Waals surface area (Å²) in [5, 5.41) is 13.6. The molecule has 0 saturated heterocycles. The fourth-order valence-electron chi connectivity index (χ4n) is 3.14. The molecule has 0 atom stereocenters. The van der Waals surface area contributed by atoms with Crippen molar-refractivity contribution in [2.24, 2.45) is 0 Å². The zero-order chi connectivity index (χ0) is 22.4. The predicted molar refractivity (Wildman–Crippen MR) is 118 cm³/mol. The number of methoxy groups -OCH3 is 1. The second kappa shape index (κ2) is 9.75.